The van der Waals surface area contributed by atoms with E-state index in [0.717, 1.165) is 11.3 Å². The largest absolute Gasteiger partial charge is 0.377 e. The second-order valence-electron chi connectivity index (χ2n) is 6.19. The summed E-state index contributed by atoms with van der Waals surface area (Å²) in [6, 6.07) is 5.35. The first kappa shape index (κ1) is 18.3. The normalized spacial score (nSPS) is 10.3. The van der Waals surface area contributed by atoms with Gasteiger partial charge in [-0.25, -0.2) is 4.79 Å². The van der Waals surface area contributed by atoms with Gasteiger partial charge in [-0.15, -0.1) is 0 Å². The van der Waals surface area contributed by atoms with Gasteiger partial charge >= 0.3 is 6.03 Å². The molecule has 0 aliphatic heterocycles. The van der Waals surface area contributed by atoms with Crippen molar-refractivity contribution in [2.24, 2.45) is 0 Å². The highest BCUT2D eigenvalue weighted by Crippen LogP contribution is 2.21. The van der Waals surface area contributed by atoms with Crippen LogP contribution in [0, 0.1) is 6.92 Å². The molecular formula is C17H24N6O2. The molecule has 1 aromatic carbocycles. The fourth-order valence-corrected chi connectivity index (χ4v) is 2.32. The molecule has 2 aromatic rings. The van der Waals surface area contributed by atoms with Crippen molar-refractivity contribution < 1.29 is 9.59 Å². The summed E-state index contributed by atoms with van der Waals surface area (Å²) in [5, 5.41) is 9.55. The average Bonchev–Trinajstić information content (AvgIpc) is 2.93. The molecule has 0 saturated carbocycles. The Kier molecular flexibility index (Phi) is 5.63. The van der Waals surface area contributed by atoms with Gasteiger partial charge in [0.05, 0.1) is 11.9 Å². The third-order valence-electron chi connectivity index (χ3n) is 3.62. The maximum Gasteiger partial charge on any atom is 0.323 e. The van der Waals surface area contributed by atoms with Crippen LogP contribution in [0.4, 0.5) is 21.9 Å². The minimum absolute atomic E-state index is 0.0736. The van der Waals surface area contributed by atoms with Gasteiger partial charge in [0.25, 0.3) is 0 Å². The van der Waals surface area contributed by atoms with Crippen LogP contribution in [-0.2, 0) is 11.3 Å². The van der Waals surface area contributed by atoms with Gasteiger partial charge in [0, 0.05) is 45.8 Å². The molecule has 0 aliphatic rings. The van der Waals surface area contributed by atoms with Crippen molar-refractivity contribution in [3.63, 3.8) is 0 Å². The number of carbonyl (C=O) groups is 2. The van der Waals surface area contributed by atoms with Crippen molar-refractivity contribution in [3.8, 4) is 0 Å². The second-order valence-corrected chi connectivity index (χ2v) is 6.19. The van der Waals surface area contributed by atoms with Crippen LogP contribution in [0.15, 0.2) is 30.6 Å². The molecule has 25 heavy (non-hydrogen) atoms. The minimum atomic E-state index is -0.365. The highest BCUT2D eigenvalue weighted by molar-refractivity contribution is 5.99. The van der Waals surface area contributed by atoms with Gasteiger partial charge in [0.1, 0.15) is 6.54 Å². The van der Waals surface area contributed by atoms with E-state index in [2.05, 4.69) is 15.7 Å². The van der Waals surface area contributed by atoms with Crippen LogP contribution < -0.4 is 15.5 Å². The fourth-order valence-electron chi connectivity index (χ4n) is 2.32. The molecular weight excluding hydrogens is 320 g/mol. The Balaban J connectivity index is 1.95. The number of aromatic nitrogens is 2. The summed E-state index contributed by atoms with van der Waals surface area (Å²) in [7, 11) is 7.31. The van der Waals surface area contributed by atoms with E-state index < -0.39 is 0 Å². The van der Waals surface area contributed by atoms with Gasteiger partial charge in [-0.3, -0.25) is 9.48 Å². The summed E-state index contributed by atoms with van der Waals surface area (Å²) in [5.41, 5.74) is 3.39. The number of nitrogens with one attached hydrogen (secondary N) is 2. The number of rotatable bonds is 5. The Morgan fingerprint density at radius 1 is 1.12 bits per heavy atom. The van der Waals surface area contributed by atoms with E-state index >= 15 is 0 Å². The van der Waals surface area contributed by atoms with E-state index in [0.29, 0.717) is 11.4 Å². The summed E-state index contributed by atoms with van der Waals surface area (Å²) in [5.74, 6) is -0.0736. The van der Waals surface area contributed by atoms with Crippen LogP contribution in [0.2, 0.25) is 0 Å². The lowest BCUT2D eigenvalue weighted by molar-refractivity contribution is -0.129. The number of aryl methyl sites for hydroxylation is 1. The highest BCUT2D eigenvalue weighted by atomic mass is 16.2. The molecule has 134 valence electrons. The molecule has 0 radical (unpaired) electrons. The summed E-state index contributed by atoms with van der Waals surface area (Å²) in [4.78, 5) is 27.3. The van der Waals surface area contributed by atoms with Gasteiger partial charge in [-0.1, -0.05) is 0 Å². The van der Waals surface area contributed by atoms with Crippen molar-refractivity contribution in [2.75, 3.05) is 43.7 Å². The van der Waals surface area contributed by atoms with E-state index in [1.165, 1.54) is 15.8 Å². The lowest BCUT2D eigenvalue weighted by atomic mass is 10.1. The molecule has 1 heterocycles. The zero-order valence-corrected chi connectivity index (χ0v) is 15.2. The topological polar surface area (TPSA) is 82.5 Å². The molecule has 3 amide bonds. The molecule has 0 atom stereocenters. The number of amides is 3. The molecule has 0 spiro atoms. The first-order valence-corrected chi connectivity index (χ1v) is 7.85. The lowest BCUT2D eigenvalue weighted by Gasteiger charge is -2.16. The van der Waals surface area contributed by atoms with Crippen LogP contribution in [0.5, 0.6) is 0 Å². The first-order valence-electron chi connectivity index (χ1n) is 7.85. The third kappa shape index (κ3) is 4.97. The summed E-state index contributed by atoms with van der Waals surface area (Å²) in [6.45, 7) is 2.12. The van der Waals surface area contributed by atoms with Crippen LogP contribution in [0.3, 0.4) is 0 Å². The van der Waals surface area contributed by atoms with Crippen LogP contribution in [0.1, 0.15) is 5.56 Å². The van der Waals surface area contributed by atoms with Crippen LogP contribution in [0.25, 0.3) is 0 Å². The van der Waals surface area contributed by atoms with Crippen molar-refractivity contribution in [1.29, 1.82) is 0 Å². The lowest BCUT2D eigenvalue weighted by Crippen LogP contribution is -2.26. The zero-order valence-electron chi connectivity index (χ0n) is 15.2. The maximum absolute atomic E-state index is 12.1. The number of nitrogens with zero attached hydrogens (tertiary/aromatic N) is 4. The average molecular weight is 344 g/mol. The molecule has 1 aromatic heterocycles. The number of likely N-dealkylation sites (N-methyl/N-ethyl adjacent to an activating group) is 1. The molecule has 0 bridgehead atoms. The van der Waals surface area contributed by atoms with Gasteiger partial charge in [0.2, 0.25) is 5.91 Å². The maximum atomic E-state index is 12.1. The minimum Gasteiger partial charge on any atom is -0.377 e. The summed E-state index contributed by atoms with van der Waals surface area (Å²) in [6.07, 6.45) is 3.12. The highest BCUT2D eigenvalue weighted by Gasteiger charge is 2.09. The van der Waals surface area contributed by atoms with Crippen molar-refractivity contribution in [2.45, 2.75) is 13.5 Å². The zero-order chi connectivity index (χ0) is 18.6. The van der Waals surface area contributed by atoms with Crippen LogP contribution >= 0.6 is 0 Å². The first-order chi connectivity index (χ1) is 11.8. The van der Waals surface area contributed by atoms with Gasteiger partial charge in [-0.2, -0.15) is 5.10 Å². The quantitative estimate of drug-likeness (QED) is 0.869. The second kappa shape index (κ2) is 7.69. The van der Waals surface area contributed by atoms with Crippen molar-refractivity contribution in [3.05, 3.63) is 36.2 Å². The molecule has 0 saturated heterocycles. The Hall–Kier alpha value is -3.03. The van der Waals surface area contributed by atoms with E-state index in [1.807, 2.05) is 44.1 Å². The smallest absolute Gasteiger partial charge is 0.323 e. The SMILES string of the molecule is Cc1cc(NC(=O)Nc2cnn(CC(=O)N(C)C)c2)ccc1N(C)C. The predicted molar refractivity (Wildman–Crippen MR) is 99.1 cm³/mol. The van der Waals surface area contributed by atoms with Gasteiger partial charge in [-0.05, 0) is 30.7 Å². The molecule has 8 nitrogen and oxygen atoms in total. The van der Waals surface area contributed by atoms with Crippen molar-refractivity contribution in [1.82, 2.24) is 14.7 Å². The molecule has 8 heteroatoms. The standard InChI is InChI=1S/C17H24N6O2/c1-12-8-13(6-7-15(12)21(2)3)19-17(25)20-14-9-18-23(10-14)11-16(24)22(4)5/h6-10H,11H2,1-5H3,(H2,19,20,25). The number of carbonyl (C=O) groups excluding carboxylic acids is 2. The van der Waals surface area contributed by atoms with E-state index in [-0.39, 0.29) is 18.5 Å². The van der Waals surface area contributed by atoms with E-state index in [4.69, 9.17) is 0 Å². The number of benzene rings is 1. The Morgan fingerprint density at radius 3 is 2.40 bits per heavy atom. The van der Waals surface area contributed by atoms with Crippen molar-refractivity contribution >= 4 is 29.0 Å². The van der Waals surface area contributed by atoms with E-state index in [9.17, 15) is 9.59 Å². The summed E-state index contributed by atoms with van der Waals surface area (Å²) >= 11 is 0. The number of anilines is 3. The predicted octanol–water partition coefficient (Wildman–Crippen LogP) is 1.99. The third-order valence-corrected chi connectivity index (χ3v) is 3.62. The van der Waals surface area contributed by atoms with Crippen LogP contribution in [-0.4, -0.2) is 54.8 Å². The number of hydrogen-bond donors (Lipinski definition) is 2. The molecule has 0 unspecified atom stereocenters. The Morgan fingerprint density at radius 2 is 1.80 bits per heavy atom. The number of urea groups is 1. The monoisotopic (exact) mass is 344 g/mol. The molecule has 0 fully saturated rings. The molecule has 2 rings (SSSR count). The van der Waals surface area contributed by atoms with Gasteiger partial charge < -0.3 is 20.4 Å². The van der Waals surface area contributed by atoms with Gasteiger partial charge in [0.15, 0.2) is 0 Å². The molecule has 2 N–H and O–H groups in total. The fraction of sp³-hybridized carbons (Fsp3) is 0.353. The number of hydrogen-bond acceptors (Lipinski definition) is 4. The molecule has 0 aliphatic carbocycles. The van der Waals surface area contributed by atoms with E-state index in [1.54, 1.807) is 20.3 Å². The summed E-state index contributed by atoms with van der Waals surface area (Å²) < 4.78 is 1.48. The Bertz CT molecular complexity index is 766. The Labute approximate surface area is 147 Å².